The first-order valence-corrected chi connectivity index (χ1v) is 12.6. The van der Waals surface area contributed by atoms with Crippen LogP contribution in [0.25, 0.3) is 10.8 Å². The number of hydrogen-bond donors (Lipinski definition) is 1. The third-order valence-corrected chi connectivity index (χ3v) is 7.75. The van der Waals surface area contributed by atoms with Crippen molar-refractivity contribution in [3.8, 4) is 5.75 Å². The van der Waals surface area contributed by atoms with E-state index in [2.05, 4.69) is 15.4 Å². The van der Waals surface area contributed by atoms with E-state index < -0.39 is 0 Å². The highest BCUT2D eigenvalue weighted by Crippen LogP contribution is 2.35. The Kier molecular flexibility index (Phi) is 5.46. The van der Waals surface area contributed by atoms with Crippen molar-refractivity contribution < 1.29 is 14.3 Å². The van der Waals surface area contributed by atoms with Crippen molar-refractivity contribution >= 4 is 22.6 Å². The Bertz CT molecular complexity index is 1270. The predicted octanol–water partition coefficient (Wildman–Crippen LogP) is 3.08. The third kappa shape index (κ3) is 4.05. The number of rotatable bonds is 4. The van der Waals surface area contributed by atoms with E-state index in [0.29, 0.717) is 36.9 Å². The van der Waals surface area contributed by atoms with Gasteiger partial charge in [-0.15, -0.1) is 5.10 Å². The molecule has 2 amide bonds. The van der Waals surface area contributed by atoms with Gasteiger partial charge in [-0.1, -0.05) is 29.5 Å². The van der Waals surface area contributed by atoms with Crippen molar-refractivity contribution in [2.24, 2.45) is 17.8 Å². The minimum absolute atomic E-state index is 0.0128. The molecule has 8 heteroatoms. The van der Waals surface area contributed by atoms with Crippen LogP contribution in [0.4, 0.5) is 0 Å². The SMILES string of the molecule is CC(C)Oc1cc(C(=O)N2C[C@H]3CN(C(=O)[C@@H]4CCc5[nH]nnc5C4)C[C@@H]3C2)cc2ccccc12. The van der Waals surface area contributed by atoms with Crippen LogP contribution in [0.2, 0.25) is 0 Å². The number of nitrogens with zero attached hydrogens (tertiary/aromatic N) is 4. The van der Waals surface area contributed by atoms with E-state index in [1.54, 1.807) is 0 Å². The molecule has 2 aromatic carbocycles. The molecule has 2 saturated heterocycles. The average molecular weight is 474 g/mol. The van der Waals surface area contributed by atoms with Crippen LogP contribution in [0.5, 0.6) is 5.75 Å². The summed E-state index contributed by atoms with van der Waals surface area (Å²) >= 11 is 0. The van der Waals surface area contributed by atoms with E-state index in [1.165, 1.54) is 0 Å². The molecule has 8 nitrogen and oxygen atoms in total. The number of benzene rings is 2. The molecule has 0 radical (unpaired) electrons. The summed E-state index contributed by atoms with van der Waals surface area (Å²) in [6.45, 7) is 6.84. The minimum atomic E-state index is -0.0128. The van der Waals surface area contributed by atoms with Crippen LogP contribution in [0.15, 0.2) is 36.4 Å². The summed E-state index contributed by atoms with van der Waals surface area (Å²) in [4.78, 5) is 30.7. The second-order valence-electron chi connectivity index (χ2n) is 10.5. The number of likely N-dealkylation sites (tertiary alicyclic amines) is 2. The number of ether oxygens (including phenoxy) is 1. The van der Waals surface area contributed by atoms with E-state index in [-0.39, 0.29) is 23.8 Å². The summed E-state index contributed by atoms with van der Waals surface area (Å²) in [5.74, 6) is 1.68. The number of aromatic amines is 1. The fourth-order valence-corrected chi connectivity index (χ4v) is 6.03. The Balaban J connectivity index is 1.13. The summed E-state index contributed by atoms with van der Waals surface area (Å²) in [7, 11) is 0. The molecule has 2 aliphatic heterocycles. The lowest BCUT2D eigenvalue weighted by molar-refractivity contribution is -0.135. The molecular weight excluding hydrogens is 442 g/mol. The van der Waals surface area contributed by atoms with E-state index >= 15 is 0 Å². The van der Waals surface area contributed by atoms with Gasteiger partial charge in [-0.25, -0.2) is 0 Å². The summed E-state index contributed by atoms with van der Waals surface area (Å²) in [6.07, 6.45) is 2.37. The number of fused-ring (bicyclic) bond motifs is 3. The standard InChI is InChI=1S/C27H31N5O3/c1-16(2)35-25-11-19(9-17-5-3-4-6-22(17)25)27(34)32-14-20-12-31(13-21(20)15-32)26(33)18-7-8-23-24(10-18)29-30-28-23/h3-6,9,11,16,18,20-21H,7-8,10,12-15H2,1-2H3,(H,28,29,30)/t18-,20-,21-/m1/s1. The molecule has 182 valence electrons. The molecule has 0 saturated carbocycles. The smallest absolute Gasteiger partial charge is 0.254 e. The zero-order chi connectivity index (χ0) is 24.1. The van der Waals surface area contributed by atoms with Gasteiger partial charge in [0, 0.05) is 61.3 Å². The van der Waals surface area contributed by atoms with Crippen molar-refractivity contribution in [3.05, 3.63) is 53.3 Å². The van der Waals surface area contributed by atoms with Gasteiger partial charge in [-0.05, 0) is 44.2 Å². The number of hydrogen-bond acceptors (Lipinski definition) is 5. The van der Waals surface area contributed by atoms with Gasteiger partial charge >= 0.3 is 0 Å². The molecule has 3 atom stereocenters. The first-order valence-electron chi connectivity index (χ1n) is 12.6. The lowest BCUT2D eigenvalue weighted by Gasteiger charge is -2.27. The first-order chi connectivity index (χ1) is 17.0. The summed E-state index contributed by atoms with van der Waals surface area (Å²) in [6, 6.07) is 11.9. The molecule has 3 aromatic rings. The summed E-state index contributed by atoms with van der Waals surface area (Å²) in [5, 5.41) is 13.0. The number of amides is 2. The fourth-order valence-electron chi connectivity index (χ4n) is 6.03. The van der Waals surface area contributed by atoms with Crippen molar-refractivity contribution in [1.82, 2.24) is 25.2 Å². The minimum Gasteiger partial charge on any atom is -0.490 e. The zero-order valence-corrected chi connectivity index (χ0v) is 20.2. The van der Waals surface area contributed by atoms with Gasteiger partial charge in [0.05, 0.1) is 17.5 Å². The van der Waals surface area contributed by atoms with Gasteiger partial charge in [0.2, 0.25) is 5.91 Å². The van der Waals surface area contributed by atoms with Crippen molar-refractivity contribution in [2.45, 2.75) is 39.2 Å². The highest BCUT2D eigenvalue weighted by molar-refractivity contribution is 6.01. The monoisotopic (exact) mass is 473 g/mol. The summed E-state index contributed by atoms with van der Waals surface area (Å²) in [5.41, 5.74) is 2.66. The highest BCUT2D eigenvalue weighted by atomic mass is 16.5. The maximum atomic E-state index is 13.5. The largest absolute Gasteiger partial charge is 0.490 e. The Hall–Kier alpha value is -3.42. The molecule has 3 heterocycles. The topological polar surface area (TPSA) is 91.4 Å². The molecule has 0 unspecified atom stereocenters. The van der Waals surface area contributed by atoms with E-state index in [9.17, 15) is 9.59 Å². The van der Waals surface area contributed by atoms with Crippen LogP contribution in [0.3, 0.4) is 0 Å². The average Bonchev–Trinajstić information content (AvgIpc) is 3.57. The molecule has 0 spiro atoms. The molecule has 2 fully saturated rings. The van der Waals surface area contributed by atoms with Gasteiger partial charge in [0.15, 0.2) is 0 Å². The zero-order valence-electron chi connectivity index (χ0n) is 20.2. The molecular formula is C27H31N5O3. The van der Waals surface area contributed by atoms with Crippen molar-refractivity contribution in [1.29, 1.82) is 0 Å². The van der Waals surface area contributed by atoms with Gasteiger partial charge in [-0.3, -0.25) is 14.7 Å². The van der Waals surface area contributed by atoms with Gasteiger partial charge in [0.25, 0.3) is 5.91 Å². The number of aryl methyl sites for hydroxylation is 1. The predicted molar refractivity (Wildman–Crippen MR) is 131 cm³/mol. The lowest BCUT2D eigenvalue weighted by Crippen LogP contribution is -2.40. The molecule has 6 rings (SSSR count). The normalized spacial score (nSPS) is 23.6. The van der Waals surface area contributed by atoms with E-state index in [0.717, 1.165) is 53.8 Å². The molecule has 3 aliphatic rings. The second kappa shape index (κ2) is 8.66. The van der Waals surface area contributed by atoms with Crippen LogP contribution in [0.1, 0.15) is 42.0 Å². The Morgan fingerprint density at radius 1 is 1.06 bits per heavy atom. The Morgan fingerprint density at radius 3 is 2.57 bits per heavy atom. The highest BCUT2D eigenvalue weighted by Gasteiger charge is 2.44. The molecule has 1 aromatic heterocycles. The quantitative estimate of drug-likeness (QED) is 0.629. The second-order valence-corrected chi connectivity index (χ2v) is 10.5. The van der Waals surface area contributed by atoms with Crippen molar-refractivity contribution in [3.63, 3.8) is 0 Å². The molecule has 1 aliphatic carbocycles. The van der Waals surface area contributed by atoms with Gasteiger partial charge in [-0.2, -0.15) is 0 Å². The van der Waals surface area contributed by atoms with Gasteiger partial charge < -0.3 is 14.5 Å². The van der Waals surface area contributed by atoms with Gasteiger partial charge in [0.1, 0.15) is 5.75 Å². The Labute approximate surface area is 204 Å². The number of nitrogens with one attached hydrogen (secondary N) is 1. The number of carbonyl (C=O) groups is 2. The number of H-pyrrole nitrogens is 1. The van der Waals surface area contributed by atoms with E-state index in [1.807, 2.05) is 60.0 Å². The third-order valence-electron chi connectivity index (χ3n) is 7.75. The number of aromatic nitrogens is 3. The molecule has 0 bridgehead atoms. The Morgan fingerprint density at radius 2 is 1.80 bits per heavy atom. The maximum absolute atomic E-state index is 13.5. The van der Waals surface area contributed by atoms with Crippen LogP contribution in [-0.2, 0) is 17.6 Å². The number of carbonyl (C=O) groups excluding carboxylic acids is 2. The lowest BCUT2D eigenvalue weighted by atomic mass is 9.89. The van der Waals surface area contributed by atoms with Crippen molar-refractivity contribution in [2.75, 3.05) is 26.2 Å². The van der Waals surface area contributed by atoms with Crippen LogP contribution in [0, 0.1) is 17.8 Å². The first kappa shape index (κ1) is 22.1. The van der Waals surface area contributed by atoms with E-state index in [4.69, 9.17) is 4.74 Å². The van der Waals surface area contributed by atoms with Crippen LogP contribution < -0.4 is 4.74 Å². The fraction of sp³-hybridized carbons (Fsp3) is 0.481. The maximum Gasteiger partial charge on any atom is 0.254 e. The van der Waals surface area contributed by atoms with Crippen LogP contribution >= 0.6 is 0 Å². The summed E-state index contributed by atoms with van der Waals surface area (Å²) < 4.78 is 6.05. The van der Waals surface area contributed by atoms with Crippen LogP contribution in [-0.4, -0.2) is 69.3 Å². The molecule has 1 N–H and O–H groups in total. The molecule has 35 heavy (non-hydrogen) atoms.